The number of amides is 1. The molecule has 0 radical (unpaired) electrons. The molecular formula is C31H40F2N2O3. The molecule has 4 rings (SSSR count). The summed E-state index contributed by atoms with van der Waals surface area (Å²) >= 11 is 0. The first-order valence-electron chi connectivity index (χ1n) is 13.8. The van der Waals surface area contributed by atoms with Crippen molar-refractivity contribution in [2.75, 3.05) is 33.3 Å². The van der Waals surface area contributed by atoms with Crippen molar-refractivity contribution in [3.05, 3.63) is 65.2 Å². The van der Waals surface area contributed by atoms with Crippen LogP contribution in [0.25, 0.3) is 6.08 Å². The van der Waals surface area contributed by atoms with Gasteiger partial charge in [-0.3, -0.25) is 9.69 Å². The molecule has 2 fully saturated rings. The van der Waals surface area contributed by atoms with Crippen LogP contribution in [0.5, 0.6) is 11.5 Å². The zero-order valence-electron chi connectivity index (χ0n) is 22.6. The maximum absolute atomic E-state index is 13.9. The van der Waals surface area contributed by atoms with Gasteiger partial charge >= 0.3 is 6.61 Å². The van der Waals surface area contributed by atoms with Gasteiger partial charge in [0.1, 0.15) is 0 Å². The number of hydrogen-bond donors (Lipinski definition) is 0. The fraction of sp³-hybridized carbons (Fsp3) is 0.516. The minimum absolute atomic E-state index is 0.135. The average Bonchev–Trinajstić information content (AvgIpc) is 3.35. The van der Waals surface area contributed by atoms with E-state index >= 15 is 0 Å². The van der Waals surface area contributed by atoms with Crippen LogP contribution in [0.15, 0.2) is 54.1 Å². The minimum Gasteiger partial charge on any atom is -0.493 e. The lowest BCUT2D eigenvalue weighted by Crippen LogP contribution is -2.45. The highest BCUT2D eigenvalue weighted by molar-refractivity contribution is 5.95. The molecule has 1 amide bonds. The number of hydrogen-bond acceptors (Lipinski definition) is 4. The zero-order valence-corrected chi connectivity index (χ0v) is 22.6. The number of likely N-dealkylation sites (tertiary alicyclic amines) is 1. The maximum Gasteiger partial charge on any atom is 0.387 e. The van der Waals surface area contributed by atoms with Gasteiger partial charge in [0.25, 0.3) is 5.91 Å². The van der Waals surface area contributed by atoms with Gasteiger partial charge in [-0.15, -0.1) is 0 Å². The summed E-state index contributed by atoms with van der Waals surface area (Å²) in [5.41, 5.74) is 2.44. The van der Waals surface area contributed by atoms with E-state index in [9.17, 15) is 13.6 Å². The van der Waals surface area contributed by atoms with Gasteiger partial charge in [-0.25, -0.2) is 0 Å². The van der Waals surface area contributed by atoms with E-state index in [-0.39, 0.29) is 17.4 Å². The summed E-state index contributed by atoms with van der Waals surface area (Å²) in [6.07, 6.45) is 10.8. The second-order valence-electron chi connectivity index (χ2n) is 10.6. The summed E-state index contributed by atoms with van der Waals surface area (Å²) in [6.45, 7) is 2.24. The van der Waals surface area contributed by atoms with Crippen molar-refractivity contribution in [2.45, 2.75) is 64.5 Å². The molecule has 0 N–H and O–H groups in total. The summed E-state index contributed by atoms with van der Waals surface area (Å²) in [5, 5.41) is 0. The molecule has 1 saturated heterocycles. The van der Waals surface area contributed by atoms with E-state index in [1.165, 1.54) is 51.3 Å². The lowest BCUT2D eigenvalue weighted by molar-refractivity contribution is -0.0512. The van der Waals surface area contributed by atoms with Crippen molar-refractivity contribution in [1.82, 2.24) is 9.80 Å². The highest BCUT2D eigenvalue weighted by atomic mass is 19.3. The Morgan fingerprint density at radius 2 is 1.82 bits per heavy atom. The maximum atomic E-state index is 13.9. The molecule has 1 aliphatic carbocycles. The van der Waals surface area contributed by atoms with Crippen molar-refractivity contribution in [3.63, 3.8) is 0 Å². The molecule has 38 heavy (non-hydrogen) atoms. The van der Waals surface area contributed by atoms with Crippen LogP contribution < -0.4 is 9.47 Å². The summed E-state index contributed by atoms with van der Waals surface area (Å²) in [5.74, 6) is 0.577. The van der Waals surface area contributed by atoms with Crippen molar-refractivity contribution in [3.8, 4) is 11.5 Å². The molecule has 1 atom stereocenters. The fourth-order valence-corrected chi connectivity index (χ4v) is 5.88. The van der Waals surface area contributed by atoms with Gasteiger partial charge in [0.2, 0.25) is 0 Å². The second kappa shape index (κ2) is 13.7. The Morgan fingerprint density at radius 1 is 1.05 bits per heavy atom. The molecule has 0 spiro atoms. The van der Waals surface area contributed by atoms with Crippen LogP contribution in [-0.2, 0) is 0 Å². The molecule has 1 saturated carbocycles. The SMILES string of the molecule is COc1ccc(C(=O)N(C/C(C)=C/c2ccccc2)C[C@@H]2CCCN2CC2CCCCC2)cc1OC(F)F. The number of alkyl halides is 2. The third-order valence-corrected chi connectivity index (χ3v) is 7.71. The number of nitrogens with zero attached hydrogens (tertiary/aromatic N) is 2. The van der Waals surface area contributed by atoms with Gasteiger partial charge in [-0.05, 0) is 68.8 Å². The third-order valence-electron chi connectivity index (χ3n) is 7.71. The third kappa shape index (κ3) is 7.79. The number of ether oxygens (including phenoxy) is 2. The predicted molar refractivity (Wildman–Crippen MR) is 147 cm³/mol. The van der Waals surface area contributed by atoms with Crippen molar-refractivity contribution >= 4 is 12.0 Å². The first-order valence-corrected chi connectivity index (χ1v) is 13.8. The van der Waals surface area contributed by atoms with Gasteiger partial charge in [0, 0.05) is 31.2 Å². The molecule has 0 aromatic heterocycles. The zero-order chi connectivity index (χ0) is 26.9. The summed E-state index contributed by atoms with van der Waals surface area (Å²) in [7, 11) is 1.39. The van der Waals surface area contributed by atoms with Gasteiger partial charge in [-0.2, -0.15) is 8.78 Å². The van der Waals surface area contributed by atoms with Crippen LogP contribution in [0, 0.1) is 5.92 Å². The van der Waals surface area contributed by atoms with Crippen LogP contribution in [0.2, 0.25) is 0 Å². The number of methoxy groups -OCH3 is 1. The molecule has 0 unspecified atom stereocenters. The molecule has 206 valence electrons. The molecule has 7 heteroatoms. The van der Waals surface area contributed by atoms with Gasteiger partial charge in [0.15, 0.2) is 11.5 Å². The Kier molecular flexibility index (Phi) is 10.2. The van der Waals surface area contributed by atoms with E-state index < -0.39 is 6.61 Å². The first-order chi connectivity index (χ1) is 18.4. The molecule has 1 aliphatic heterocycles. The van der Waals surface area contributed by atoms with E-state index in [0.29, 0.717) is 24.7 Å². The standard InChI is InChI=1S/C31H40F2N2O3/c1-23(18-24-10-5-3-6-11-24)20-35(22-27-14-9-17-34(27)21-25-12-7-4-8-13-25)30(36)26-15-16-28(37-2)29(19-26)38-31(32)33/h3,5-6,10-11,15-16,18-19,25,27,31H,4,7-9,12-14,17,20-22H2,1-2H3/b23-18+/t27-/m0/s1. The van der Waals surface area contributed by atoms with Gasteiger partial charge in [-0.1, -0.05) is 61.2 Å². The number of halogens is 2. The second-order valence-corrected chi connectivity index (χ2v) is 10.6. The smallest absolute Gasteiger partial charge is 0.387 e. The van der Waals surface area contributed by atoms with Crippen molar-refractivity contribution in [2.24, 2.45) is 5.92 Å². The van der Waals surface area contributed by atoms with E-state index in [1.807, 2.05) is 42.2 Å². The van der Waals surface area contributed by atoms with Gasteiger partial charge < -0.3 is 14.4 Å². The molecule has 1 heterocycles. The largest absolute Gasteiger partial charge is 0.493 e. The van der Waals surface area contributed by atoms with Crippen molar-refractivity contribution in [1.29, 1.82) is 0 Å². The van der Waals surface area contributed by atoms with E-state index in [2.05, 4.69) is 15.7 Å². The molecule has 2 aliphatic rings. The van der Waals surface area contributed by atoms with Crippen LogP contribution in [0.1, 0.15) is 67.8 Å². The minimum atomic E-state index is -3.01. The molecule has 5 nitrogen and oxygen atoms in total. The average molecular weight is 527 g/mol. The topological polar surface area (TPSA) is 42.0 Å². The lowest BCUT2D eigenvalue weighted by Gasteiger charge is -2.34. The first kappa shape index (κ1) is 28.1. The van der Waals surface area contributed by atoms with Crippen LogP contribution in [-0.4, -0.2) is 61.6 Å². The Labute approximate surface area is 225 Å². The Bertz CT molecular complexity index is 1070. The van der Waals surface area contributed by atoms with Crippen LogP contribution >= 0.6 is 0 Å². The summed E-state index contributed by atoms with van der Waals surface area (Å²) in [6, 6.07) is 14.8. The number of rotatable bonds is 11. The lowest BCUT2D eigenvalue weighted by atomic mass is 9.89. The van der Waals surface area contributed by atoms with E-state index in [1.54, 1.807) is 6.07 Å². The van der Waals surface area contributed by atoms with Gasteiger partial charge in [0.05, 0.1) is 7.11 Å². The Hall–Kier alpha value is -2.93. The summed E-state index contributed by atoms with van der Waals surface area (Å²) < 4.78 is 35.9. The monoisotopic (exact) mass is 526 g/mol. The molecule has 0 bridgehead atoms. The number of carbonyl (C=O) groups is 1. The van der Waals surface area contributed by atoms with E-state index in [0.717, 1.165) is 43.0 Å². The highest BCUT2D eigenvalue weighted by Gasteiger charge is 2.31. The van der Waals surface area contributed by atoms with E-state index in [4.69, 9.17) is 4.74 Å². The van der Waals surface area contributed by atoms with Crippen LogP contribution in [0.3, 0.4) is 0 Å². The fourth-order valence-electron chi connectivity index (χ4n) is 5.88. The predicted octanol–water partition coefficient (Wildman–Crippen LogP) is 6.89. The highest BCUT2D eigenvalue weighted by Crippen LogP contribution is 2.31. The Balaban J connectivity index is 1.56. The molecule has 2 aromatic carbocycles. The van der Waals surface area contributed by atoms with Crippen LogP contribution in [0.4, 0.5) is 8.78 Å². The normalized spacial score (nSPS) is 19.1. The molecular weight excluding hydrogens is 486 g/mol. The quantitative estimate of drug-likeness (QED) is 0.320. The Morgan fingerprint density at radius 3 is 2.53 bits per heavy atom. The number of carbonyl (C=O) groups excluding carboxylic acids is 1. The summed E-state index contributed by atoms with van der Waals surface area (Å²) in [4.78, 5) is 18.3. The molecule has 2 aromatic rings. The number of benzene rings is 2. The van der Waals surface area contributed by atoms with Crippen molar-refractivity contribution < 1.29 is 23.0 Å².